The normalized spacial score (nSPS) is 11.5. The highest BCUT2D eigenvalue weighted by molar-refractivity contribution is 7.89. The van der Waals surface area contributed by atoms with E-state index in [0.29, 0.717) is 11.4 Å². The first kappa shape index (κ1) is 16.7. The Labute approximate surface area is 122 Å². The third-order valence-corrected chi connectivity index (χ3v) is 4.96. The van der Waals surface area contributed by atoms with Gasteiger partial charge in [0.15, 0.2) is 0 Å². The summed E-state index contributed by atoms with van der Waals surface area (Å²) in [6.07, 6.45) is 6.09. The van der Waals surface area contributed by atoms with Gasteiger partial charge in [-0.1, -0.05) is 31.9 Å². The molecule has 0 aliphatic rings. The summed E-state index contributed by atoms with van der Waals surface area (Å²) >= 11 is 0. The van der Waals surface area contributed by atoms with E-state index in [9.17, 15) is 8.42 Å². The fraction of sp³-hybridized carbons (Fsp3) is 0.467. The van der Waals surface area contributed by atoms with Crippen LogP contribution in [0, 0.1) is 12.3 Å². The summed E-state index contributed by atoms with van der Waals surface area (Å²) in [5.41, 5.74) is 1.12. The van der Waals surface area contributed by atoms with Gasteiger partial charge in [0.25, 0.3) is 0 Å². The largest absolute Gasteiger partial charge is 0.317 e. The molecule has 4 nitrogen and oxygen atoms in total. The van der Waals surface area contributed by atoms with Crippen LogP contribution in [0.5, 0.6) is 0 Å². The third-order valence-electron chi connectivity index (χ3n) is 3.02. The average Bonchev–Trinajstić information content (AvgIpc) is 2.45. The Hall–Kier alpha value is -1.35. The summed E-state index contributed by atoms with van der Waals surface area (Å²) in [6.45, 7) is 6.13. The van der Waals surface area contributed by atoms with Crippen LogP contribution in [0.1, 0.15) is 19.4 Å². The zero-order chi connectivity index (χ0) is 15.0. The number of hydrogen-bond donors (Lipinski definition) is 1. The molecule has 0 saturated heterocycles. The molecular weight excluding hydrogens is 272 g/mol. The van der Waals surface area contributed by atoms with Crippen molar-refractivity contribution in [1.82, 2.24) is 9.62 Å². The van der Waals surface area contributed by atoms with Gasteiger partial charge in [-0.05, 0) is 37.2 Å². The van der Waals surface area contributed by atoms with Crippen molar-refractivity contribution in [2.75, 3.05) is 26.2 Å². The Bertz CT molecular complexity index is 544. The second-order valence-electron chi connectivity index (χ2n) is 4.38. The van der Waals surface area contributed by atoms with Crippen LogP contribution in [0.15, 0.2) is 29.2 Å². The van der Waals surface area contributed by atoms with Crippen molar-refractivity contribution in [3.05, 3.63) is 29.8 Å². The van der Waals surface area contributed by atoms with Gasteiger partial charge >= 0.3 is 0 Å². The number of likely N-dealkylation sites (N-methyl/N-ethyl adjacent to an activating group) is 1. The lowest BCUT2D eigenvalue weighted by Crippen LogP contribution is -2.31. The first-order valence-corrected chi connectivity index (χ1v) is 8.23. The number of benzene rings is 1. The van der Waals surface area contributed by atoms with E-state index >= 15 is 0 Å². The maximum atomic E-state index is 12.3. The molecule has 0 saturated carbocycles. The Kier molecular flexibility index (Phi) is 6.73. The van der Waals surface area contributed by atoms with Crippen molar-refractivity contribution >= 4 is 10.0 Å². The maximum absolute atomic E-state index is 12.3. The molecule has 0 radical (unpaired) electrons. The predicted octanol–water partition coefficient (Wildman–Crippen LogP) is 1.48. The fourth-order valence-corrected chi connectivity index (χ4v) is 3.22. The predicted molar refractivity (Wildman–Crippen MR) is 82.0 cm³/mol. The number of terminal acetylenes is 1. The summed E-state index contributed by atoms with van der Waals surface area (Å²) in [7, 11) is -3.48. The highest BCUT2D eigenvalue weighted by Gasteiger charge is 2.21. The van der Waals surface area contributed by atoms with Gasteiger partial charge in [-0.25, -0.2) is 8.42 Å². The maximum Gasteiger partial charge on any atom is 0.243 e. The van der Waals surface area contributed by atoms with E-state index in [-0.39, 0.29) is 6.54 Å². The third kappa shape index (κ3) is 4.34. The number of nitrogens with zero attached hydrogens (tertiary/aromatic N) is 1. The molecule has 0 aliphatic heterocycles. The van der Waals surface area contributed by atoms with Gasteiger partial charge in [0.2, 0.25) is 10.0 Å². The molecule has 0 unspecified atom stereocenters. The van der Waals surface area contributed by atoms with Crippen LogP contribution >= 0.6 is 0 Å². The molecule has 1 rings (SSSR count). The number of sulfonamides is 1. The summed E-state index contributed by atoms with van der Waals surface area (Å²) < 4.78 is 26.0. The Morgan fingerprint density at radius 2 is 1.90 bits per heavy atom. The van der Waals surface area contributed by atoms with Gasteiger partial charge in [0.05, 0.1) is 11.4 Å². The van der Waals surface area contributed by atoms with Crippen molar-refractivity contribution in [2.45, 2.75) is 25.2 Å². The highest BCUT2D eigenvalue weighted by Crippen LogP contribution is 2.16. The zero-order valence-electron chi connectivity index (χ0n) is 12.1. The molecule has 0 spiro atoms. The molecule has 1 N–H and O–H groups in total. The molecule has 5 heteroatoms. The van der Waals surface area contributed by atoms with E-state index in [4.69, 9.17) is 6.42 Å². The molecule has 0 aromatic heterocycles. The minimum Gasteiger partial charge on any atom is -0.317 e. The first-order valence-electron chi connectivity index (χ1n) is 6.79. The smallest absolute Gasteiger partial charge is 0.243 e. The fourth-order valence-electron chi connectivity index (χ4n) is 1.86. The monoisotopic (exact) mass is 294 g/mol. The first-order chi connectivity index (χ1) is 9.56. The summed E-state index contributed by atoms with van der Waals surface area (Å²) in [6, 6.07) is 7.01. The number of nitrogens with one attached hydrogen (secondary N) is 1. The minimum absolute atomic E-state index is 0.0982. The van der Waals surface area contributed by atoms with Crippen LogP contribution in [0.2, 0.25) is 0 Å². The van der Waals surface area contributed by atoms with Crippen LogP contribution in [-0.4, -0.2) is 38.9 Å². The lowest BCUT2D eigenvalue weighted by molar-refractivity contribution is 0.464. The molecule has 110 valence electrons. The standard InChI is InChI=1S/C15H22N2O2S/c1-4-13-17(6-3)20(18,19)15-9-7-14(8-10-15)11-12-16-5-2/h1,7-10,16H,5-6,11-13H2,2-3H3. The quantitative estimate of drug-likeness (QED) is 0.584. The van der Waals surface area contributed by atoms with E-state index in [1.807, 2.05) is 12.1 Å². The Morgan fingerprint density at radius 1 is 1.25 bits per heavy atom. The van der Waals surface area contributed by atoms with Crippen LogP contribution in [0.25, 0.3) is 0 Å². The minimum atomic E-state index is -3.48. The topological polar surface area (TPSA) is 49.4 Å². The van der Waals surface area contributed by atoms with E-state index in [1.165, 1.54) is 4.31 Å². The van der Waals surface area contributed by atoms with E-state index in [1.54, 1.807) is 19.1 Å². The molecule has 0 heterocycles. The SMILES string of the molecule is C#CCN(CC)S(=O)(=O)c1ccc(CCNCC)cc1. The second-order valence-corrected chi connectivity index (χ2v) is 6.32. The van der Waals surface area contributed by atoms with Crippen molar-refractivity contribution < 1.29 is 8.42 Å². The Balaban J connectivity index is 2.84. The molecule has 1 aromatic rings. The summed E-state index contributed by atoms with van der Waals surface area (Å²) in [4.78, 5) is 0.293. The molecule has 0 atom stereocenters. The van der Waals surface area contributed by atoms with Gasteiger partial charge < -0.3 is 5.32 Å². The molecule has 1 aromatic carbocycles. The van der Waals surface area contributed by atoms with Crippen LogP contribution in [-0.2, 0) is 16.4 Å². The van der Waals surface area contributed by atoms with Crippen LogP contribution in [0.3, 0.4) is 0 Å². The van der Waals surface area contributed by atoms with Crippen LogP contribution in [0.4, 0.5) is 0 Å². The molecule has 0 bridgehead atoms. The van der Waals surface area contributed by atoms with Crippen molar-refractivity contribution in [2.24, 2.45) is 0 Å². The highest BCUT2D eigenvalue weighted by atomic mass is 32.2. The molecule has 0 amide bonds. The van der Waals surface area contributed by atoms with E-state index in [0.717, 1.165) is 25.1 Å². The summed E-state index contributed by atoms with van der Waals surface area (Å²) in [5.74, 6) is 2.38. The van der Waals surface area contributed by atoms with E-state index in [2.05, 4.69) is 18.2 Å². The van der Waals surface area contributed by atoms with E-state index < -0.39 is 10.0 Å². The second kappa shape index (κ2) is 8.05. The number of rotatable bonds is 8. The van der Waals surface area contributed by atoms with Gasteiger partial charge in [-0.2, -0.15) is 4.31 Å². The van der Waals surface area contributed by atoms with Gasteiger partial charge in [-0.3, -0.25) is 0 Å². The van der Waals surface area contributed by atoms with Gasteiger partial charge in [0.1, 0.15) is 0 Å². The zero-order valence-corrected chi connectivity index (χ0v) is 12.9. The molecule has 0 fully saturated rings. The average molecular weight is 294 g/mol. The molecule has 20 heavy (non-hydrogen) atoms. The van der Waals surface area contributed by atoms with Gasteiger partial charge in [-0.15, -0.1) is 6.42 Å². The summed E-state index contributed by atoms with van der Waals surface area (Å²) in [5, 5.41) is 3.24. The molecule has 0 aliphatic carbocycles. The van der Waals surface area contributed by atoms with Crippen LogP contribution < -0.4 is 5.32 Å². The lowest BCUT2D eigenvalue weighted by Gasteiger charge is -2.18. The van der Waals surface area contributed by atoms with Crippen molar-refractivity contribution in [1.29, 1.82) is 0 Å². The Morgan fingerprint density at radius 3 is 2.40 bits per heavy atom. The van der Waals surface area contributed by atoms with Crippen molar-refractivity contribution in [3.8, 4) is 12.3 Å². The van der Waals surface area contributed by atoms with Gasteiger partial charge in [0, 0.05) is 6.54 Å². The number of hydrogen-bond acceptors (Lipinski definition) is 3. The van der Waals surface area contributed by atoms with Crippen molar-refractivity contribution in [3.63, 3.8) is 0 Å². The lowest BCUT2D eigenvalue weighted by atomic mass is 10.1. The molecular formula is C15H22N2O2S.